The number of carbonyl (C=O) groups excluding carboxylic acids is 4. The van der Waals surface area contributed by atoms with Gasteiger partial charge in [0.05, 0.1) is 5.57 Å². The number of nitrogens with one attached hydrogen (secondary N) is 1. The lowest BCUT2D eigenvalue weighted by atomic mass is 10.0. The van der Waals surface area contributed by atoms with Gasteiger partial charge in [0.25, 0.3) is 11.8 Å². The number of carbonyl (C=O) groups is 4. The highest BCUT2D eigenvalue weighted by Gasteiger charge is 2.45. The van der Waals surface area contributed by atoms with Crippen LogP contribution in [0.4, 0.5) is 0 Å². The number of likely N-dealkylation sites (tertiary alicyclic amines) is 1. The van der Waals surface area contributed by atoms with Crippen molar-refractivity contribution >= 4 is 23.6 Å². The Morgan fingerprint density at radius 3 is 2.04 bits per heavy atom. The highest BCUT2D eigenvalue weighted by Crippen LogP contribution is 2.29. The van der Waals surface area contributed by atoms with Gasteiger partial charge >= 0.3 is 0 Å². The summed E-state index contributed by atoms with van der Waals surface area (Å²) >= 11 is 0. The van der Waals surface area contributed by atoms with Crippen LogP contribution >= 0.6 is 0 Å². The molecule has 2 heterocycles. The lowest BCUT2D eigenvalue weighted by molar-refractivity contribution is -0.149. The minimum Gasteiger partial charge on any atom is -0.295 e. The Morgan fingerprint density at radius 2 is 1.58 bits per heavy atom. The highest BCUT2D eigenvalue weighted by molar-refractivity contribution is 6.26. The van der Waals surface area contributed by atoms with Crippen LogP contribution in [0.25, 0.3) is 0 Å². The van der Waals surface area contributed by atoms with Crippen molar-refractivity contribution in [1.29, 1.82) is 0 Å². The van der Waals surface area contributed by atoms with Gasteiger partial charge in [0.2, 0.25) is 11.8 Å². The van der Waals surface area contributed by atoms with Crippen LogP contribution in [0.1, 0.15) is 47.5 Å². The van der Waals surface area contributed by atoms with E-state index in [0.717, 1.165) is 4.90 Å². The second-order valence-corrected chi connectivity index (χ2v) is 4.47. The first-order valence-corrected chi connectivity index (χ1v) is 8.22. The molecule has 0 spiro atoms. The third-order valence-electron chi connectivity index (χ3n) is 3.28. The molecule has 2 rings (SSSR count). The fourth-order valence-electron chi connectivity index (χ4n) is 2.35. The van der Waals surface area contributed by atoms with Crippen molar-refractivity contribution in [3.8, 4) is 0 Å². The highest BCUT2D eigenvalue weighted by atomic mass is 16.2. The predicted molar refractivity (Wildman–Crippen MR) is 92.8 cm³/mol. The zero-order valence-corrected chi connectivity index (χ0v) is 15.0. The van der Waals surface area contributed by atoms with Crippen LogP contribution in [-0.4, -0.2) is 34.6 Å². The molecule has 1 atom stereocenters. The van der Waals surface area contributed by atoms with E-state index in [9.17, 15) is 19.2 Å². The number of nitrogens with zero attached hydrogens (tertiary/aromatic N) is 1. The van der Waals surface area contributed by atoms with E-state index in [1.165, 1.54) is 18.2 Å². The molecule has 0 aromatic carbocycles. The maximum atomic E-state index is 12.3. The fourth-order valence-corrected chi connectivity index (χ4v) is 2.35. The Morgan fingerprint density at radius 1 is 1.04 bits per heavy atom. The molecule has 6 nitrogen and oxygen atoms in total. The lowest BCUT2D eigenvalue weighted by Crippen LogP contribution is -2.54. The summed E-state index contributed by atoms with van der Waals surface area (Å²) in [5, 5.41) is 2.14. The molecule has 0 radical (unpaired) electrons. The Kier molecular flexibility index (Phi) is 9.23. The molecule has 0 aromatic heterocycles. The average Bonchev–Trinajstić information content (AvgIpc) is 2.82. The minimum absolute atomic E-state index is 0.110. The molecule has 2 aliphatic rings. The van der Waals surface area contributed by atoms with Crippen LogP contribution in [0.3, 0.4) is 0 Å². The average molecular weight is 334 g/mol. The maximum Gasteiger partial charge on any atom is 0.262 e. The van der Waals surface area contributed by atoms with Crippen molar-refractivity contribution < 1.29 is 19.2 Å². The zero-order valence-electron chi connectivity index (χ0n) is 15.0. The van der Waals surface area contributed by atoms with Crippen LogP contribution in [0.15, 0.2) is 36.0 Å². The number of piperidine rings is 1. The summed E-state index contributed by atoms with van der Waals surface area (Å²) in [6.45, 7) is 13.1. The van der Waals surface area contributed by atoms with Crippen molar-refractivity contribution in [2.24, 2.45) is 0 Å². The van der Waals surface area contributed by atoms with Gasteiger partial charge in [-0.05, 0) is 19.4 Å². The first-order chi connectivity index (χ1) is 11.5. The second-order valence-electron chi connectivity index (χ2n) is 4.47. The molecule has 0 bridgehead atoms. The molecular weight excluding hydrogens is 308 g/mol. The summed E-state index contributed by atoms with van der Waals surface area (Å²) in [4.78, 5) is 48.4. The third kappa shape index (κ3) is 4.28. The van der Waals surface area contributed by atoms with Crippen molar-refractivity contribution in [2.45, 2.75) is 53.5 Å². The zero-order chi connectivity index (χ0) is 18.9. The van der Waals surface area contributed by atoms with Crippen LogP contribution in [0.2, 0.25) is 0 Å². The minimum atomic E-state index is -0.932. The van der Waals surface area contributed by atoms with Gasteiger partial charge < -0.3 is 0 Å². The molecule has 0 aromatic rings. The van der Waals surface area contributed by atoms with Crippen LogP contribution < -0.4 is 5.32 Å². The molecule has 0 aliphatic carbocycles. The Bertz CT molecular complexity index is 588. The molecule has 132 valence electrons. The van der Waals surface area contributed by atoms with E-state index in [4.69, 9.17) is 0 Å². The summed E-state index contributed by atoms with van der Waals surface area (Å²) in [5.41, 5.74) is 0.469. The third-order valence-corrected chi connectivity index (χ3v) is 3.28. The van der Waals surface area contributed by atoms with E-state index in [-0.39, 0.29) is 24.0 Å². The number of hydrogen-bond donors (Lipinski definition) is 1. The van der Waals surface area contributed by atoms with E-state index in [1.807, 2.05) is 27.7 Å². The quantitative estimate of drug-likeness (QED) is 0.620. The molecule has 2 aliphatic heterocycles. The molecule has 4 amide bonds. The summed E-state index contributed by atoms with van der Waals surface area (Å²) in [5.74, 6) is -2.05. The Balaban J connectivity index is 0.00000123. The SMILES string of the molecule is C=C/C=C1/C(=O)N(C2CCC(=O)NC2=O)C(=O)/C1=C/C.CC.CC. The molecule has 2 fully saturated rings. The van der Waals surface area contributed by atoms with Crippen molar-refractivity contribution in [3.63, 3.8) is 0 Å². The predicted octanol–water partition coefficient (Wildman–Crippen LogP) is 2.27. The van der Waals surface area contributed by atoms with Crippen LogP contribution in [-0.2, 0) is 19.2 Å². The topological polar surface area (TPSA) is 83.6 Å². The Labute approximate surface area is 143 Å². The van der Waals surface area contributed by atoms with Crippen LogP contribution in [0.5, 0.6) is 0 Å². The first kappa shape index (κ1) is 21.5. The number of imide groups is 2. The van der Waals surface area contributed by atoms with Crippen molar-refractivity contribution in [3.05, 3.63) is 36.0 Å². The molecule has 1 N–H and O–H groups in total. The lowest BCUT2D eigenvalue weighted by Gasteiger charge is -2.27. The van der Waals surface area contributed by atoms with E-state index in [0.29, 0.717) is 0 Å². The number of hydrogen-bond acceptors (Lipinski definition) is 4. The van der Waals surface area contributed by atoms with Gasteiger partial charge in [0.1, 0.15) is 6.04 Å². The number of amides is 4. The summed E-state index contributed by atoms with van der Waals surface area (Å²) in [6.07, 6.45) is 4.65. The molecular formula is C18H26N2O4. The van der Waals surface area contributed by atoms with Gasteiger partial charge in [0.15, 0.2) is 0 Å². The second kappa shape index (κ2) is 10.3. The maximum absolute atomic E-state index is 12.3. The van der Waals surface area contributed by atoms with Gasteiger partial charge in [-0.2, -0.15) is 0 Å². The van der Waals surface area contributed by atoms with Gasteiger partial charge in [-0.25, -0.2) is 0 Å². The molecule has 1 unspecified atom stereocenters. The summed E-state index contributed by atoms with van der Waals surface area (Å²) in [6, 6.07) is -0.932. The molecule has 24 heavy (non-hydrogen) atoms. The Hall–Kier alpha value is -2.50. The monoisotopic (exact) mass is 334 g/mol. The smallest absolute Gasteiger partial charge is 0.262 e. The largest absolute Gasteiger partial charge is 0.295 e. The van der Waals surface area contributed by atoms with Crippen LogP contribution in [0, 0.1) is 0 Å². The van der Waals surface area contributed by atoms with Gasteiger partial charge in [-0.1, -0.05) is 46.4 Å². The van der Waals surface area contributed by atoms with E-state index < -0.39 is 29.7 Å². The molecule has 6 heteroatoms. The van der Waals surface area contributed by atoms with Crippen molar-refractivity contribution in [2.75, 3.05) is 0 Å². The number of allylic oxidation sites excluding steroid dienone is 3. The van der Waals surface area contributed by atoms with E-state index >= 15 is 0 Å². The first-order valence-electron chi connectivity index (χ1n) is 8.22. The normalized spacial score (nSPS) is 23.4. The standard InChI is InChI=1S/C14H14N2O4.2C2H6/c1-3-5-9-8(4-2)13(19)16(14(9)20)10-6-7-11(17)15-12(10)18;2*1-2/h3-5,10H,1,6-7H2,2H3,(H,15,17,18);2*1-2H3/b8-4+,9-5+;;. The van der Waals surface area contributed by atoms with Gasteiger partial charge in [0, 0.05) is 12.0 Å². The fraction of sp³-hybridized carbons (Fsp3) is 0.444. The van der Waals surface area contributed by atoms with Crippen molar-refractivity contribution in [1.82, 2.24) is 10.2 Å². The van der Waals surface area contributed by atoms with E-state index in [1.54, 1.807) is 6.92 Å². The molecule has 2 saturated heterocycles. The molecule has 0 saturated carbocycles. The van der Waals surface area contributed by atoms with Gasteiger partial charge in [-0.3, -0.25) is 29.4 Å². The van der Waals surface area contributed by atoms with Gasteiger partial charge in [-0.15, -0.1) is 0 Å². The number of rotatable bonds is 2. The van der Waals surface area contributed by atoms with E-state index in [2.05, 4.69) is 11.9 Å². The summed E-state index contributed by atoms with van der Waals surface area (Å²) < 4.78 is 0. The summed E-state index contributed by atoms with van der Waals surface area (Å²) in [7, 11) is 0.